The van der Waals surface area contributed by atoms with E-state index in [2.05, 4.69) is 31.3 Å². The van der Waals surface area contributed by atoms with Crippen LogP contribution in [-0.2, 0) is 13.0 Å². The van der Waals surface area contributed by atoms with E-state index in [-0.39, 0.29) is 6.04 Å². The first kappa shape index (κ1) is 17.5. The molecule has 1 aromatic heterocycles. The van der Waals surface area contributed by atoms with Crippen LogP contribution in [0, 0.1) is 6.92 Å². The fourth-order valence-electron chi connectivity index (χ4n) is 2.59. The van der Waals surface area contributed by atoms with E-state index >= 15 is 0 Å². The second-order valence-corrected chi connectivity index (χ2v) is 8.97. The van der Waals surface area contributed by atoms with Crippen molar-refractivity contribution in [3.05, 3.63) is 16.4 Å². The number of nitrogens with zero attached hydrogens (tertiary/aromatic N) is 2. The maximum atomic E-state index is 6.42. The fourth-order valence-corrected chi connectivity index (χ4v) is 5.91. The Balaban J connectivity index is 2.12. The van der Waals surface area contributed by atoms with Gasteiger partial charge in [-0.2, -0.15) is 28.6 Å². The number of hydrogen-bond acceptors (Lipinski definition) is 5. The van der Waals surface area contributed by atoms with Crippen molar-refractivity contribution in [1.82, 2.24) is 15.2 Å². The highest BCUT2D eigenvalue weighted by Crippen LogP contribution is 2.38. The predicted octanol–water partition coefficient (Wildman–Crippen LogP) is 2.86. The van der Waals surface area contributed by atoms with Gasteiger partial charge in [0.2, 0.25) is 0 Å². The molecule has 0 spiro atoms. The van der Waals surface area contributed by atoms with Gasteiger partial charge in [-0.15, -0.1) is 0 Å². The number of hydrogen-bond donors (Lipinski definition) is 2. The molecule has 0 amide bonds. The first-order valence-corrected chi connectivity index (χ1v) is 9.79. The van der Waals surface area contributed by atoms with Gasteiger partial charge < -0.3 is 0 Å². The van der Waals surface area contributed by atoms with Crippen LogP contribution in [0.15, 0.2) is 0 Å². The van der Waals surface area contributed by atoms with Crippen LogP contribution in [0.2, 0.25) is 5.02 Å². The summed E-state index contributed by atoms with van der Waals surface area (Å²) in [5, 5.41) is 7.14. The zero-order valence-corrected chi connectivity index (χ0v) is 15.5. The monoisotopic (exact) mass is 348 g/mol. The molecule has 0 bridgehead atoms. The maximum Gasteiger partial charge on any atom is 0.0847 e. The van der Waals surface area contributed by atoms with Crippen LogP contribution in [0.25, 0.3) is 0 Å². The third-order valence-electron chi connectivity index (χ3n) is 4.10. The molecule has 2 heterocycles. The maximum absolute atomic E-state index is 6.42. The summed E-state index contributed by atoms with van der Waals surface area (Å²) in [5.41, 5.74) is 5.00. The van der Waals surface area contributed by atoms with Gasteiger partial charge in [0.1, 0.15) is 0 Å². The number of hydrazine groups is 1. The average Bonchev–Trinajstić information content (AvgIpc) is 2.75. The summed E-state index contributed by atoms with van der Waals surface area (Å²) < 4.78 is 1.99. The molecule has 1 aromatic rings. The van der Waals surface area contributed by atoms with Crippen molar-refractivity contribution in [2.24, 2.45) is 5.84 Å². The van der Waals surface area contributed by atoms with E-state index in [0.29, 0.717) is 15.7 Å². The lowest BCUT2D eigenvalue weighted by Gasteiger charge is -2.35. The van der Waals surface area contributed by atoms with Crippen LogP contribution in [-0.4, -0.2) is 37.3 Å². The minimum atomic E-state index is 0.219. The Hall–Kier alpha value is 0.120. The van der Waals surface area contributed by atoms with Crippen LogP contribution in [0.5, 0.6) is 0 Å². The number of nitrogens with two attached hydrogens (primary N) is 1. The summed E-state index contributed by atoms with van der Waals surface area (Å²) in [7, 11) is 0. The lowest BCUT2D eigenvalue weighted by atomic mass is 10.1. The molecule has 0 aliphatic carbocycles. The van der Waals surface area contributed by atoms with Crippen molar-refractivity contribution < 1.29 is 0 Å². The highest BCUT2D eigenvalue weighted by atomic mass is 35.5. The minimum absolute atomic E-state index is 0.219. The van der Waals surface area contributed by atoms with Crippen LogP contribution in [0.3, 0.4) is 0 Å². The van der Waals surface area contributed by atoms with Crippen molar-refractivity contribution in [2.75, 3.05) is 5.75 Å². The molecule has 120 valence electrons. The Morgan fingerprint density at radius 3 is 2.76 bits per heavy atom. The van der Waals surface area contributed by atoms with Gasteiger partial charge in [0.15, 0.2) is 0 Å². The highest BCUT2D eigenvalue weighted by molar-refractivity contribution is 8.07. The number of rotatable bonds is 5. The highest BCUT2D eigenvalue weighted by Gasteiger charge is 2.32. The lowest BCUT2D eigenvalue weighted by Crippen LogP contribution is -2.48. The summed E-state index contributed by atoms with van der Waals surface area (Å²) in [6.07, 6.45) is 0.823. The number of thioether (sulfide) groups is 2. The molecule has 4 nitrogen and oxygen atoms in total. The Kier molecular flexibility index (Phi) is 6.32. The van der Waals surface area contributed by atoms with Crippen LogP contribution >= 0.6 is 35.1 Å². The summed E-state index contributed by atoms with van der Waals surface area (Å²) in [4.78, 5) is 0. The molecule has 21 heavy (non-hydrogen) atoms. The van der Waals surface area contributed by atoms with Gasteiger partial charge in [0.25, 0.3) is 0 Å². The smallest absolute Gasteiger partial charge is 0.0847 e. The normalized spacial score (nSPS) is 27.8. The van der Waals surface area contributed by atoms with Gasteiger partial charge in [-0.3, -0.25) is 16.0 Å². The second kappa shape index (κ2) is 7.59. The molecule has 0 radical (unpaired) electrons. The van der Waals surface area contributed by atoms with Crippen molar-refractivity contribution in [3.8, 4) is 0 Å². The Morgan fingerprint density at radius 2 is 2.19 bits per heavy atom. The molecule has 1 aliphatic heterocycles. The second-order valence-electron chi connectivity index (χ2n) is 5.56. The molecule has 3 N–H and O–H groups in total. The van der Waals surface area contributed by atoms with Gasteiger partial charge in [0, 0.05) is 40.5 Å². The number of nitrogens with one attached hydrogen (secondary N) is 1. The van der Waals surface area contributed by atoms with Crippen molar-refractivity contribution in [2.45, 2.75) is 62.5 Å². The van der Waals surface area contributed by atoms with Gasteiger partial charge >= 0.3 is 0 Å². The first-order valence-electron chi connectivity index (χ1n) is 7.42. The van der Waals surface area contributed by atoms with Crippen LogP contribution in [0.1, 0.15) is 32.2 Å². The predicted molar refractivity (Wildman–Crippen MR) is 95.2 cm³/mol. The Bertz CT molecular complexity index is 480. The average molecular weight is 349 g/mol. The van der Waals surface area contributed by atoms with Crippen LogP contribution in [0.4, 0.5) is 0 Å². The standard InChI is InChI=1S/C14H25ClN4S2/c1-5-19-12(14(15)8(2)18-19)6-11(17-16)13-7-20-9(3)10(4)21-13/h9-11,13,17H,5-7,16H2,1-4H3. The lowest BCUT2D eigenvalue weighted by molar-refractivity contribution is 0.495. The number of halogens is 1. The number of aryl methyl sites for hydroxylation is 2. The van der Waals surface area contributed by atoms with E-state index in [4.69, 9.17) is 17.4 Å². The third kappa shape index (κ3) is 3.91. The summed E-state index contributed by atoms with van der Waals surface area (Å²) in [6, 6.07) is 0.219. The van der Waals surface area contributed by atoms with E-state index in [1.165, 1.54) is 0 Å². The molecular formula is C14H25ClN4S2. The SMILES string of the molecule is CCn1nc(C)c(Cl)c1CC(NN)C1CSC(C)C(C)S1. The van der Waals surface area contributed by atoms with E-state index in [9.17, 15) is 0 Å². The van der Waals surface area contributed by atoms with Gasteiger partial charge in [-0.25, -0.2) is 0 Å². The first-order chi connectivity index (χ1) is 9.97. The van der Waals surface area contributed by atoms with E-state index in [1.807, 2.05) is 35.1 Å². The molecule has 0 saturated carbocycles. The van der Waals surface area contributed by atoms with E-state index in [1.54, 1.807) is 0 Å². The number of aromatic nitrogens is 2. The van der Waals surface area contributed by atoms with Gasteiger partial charge in [0.05, 0.1) is 16.4 Å². The summed E-state index contributed by atoms with van der Waals surface area (Å²) in [6.45, 7) is 9.48. The zero-order valence-electron chi connectivity index (χ0n) is 13.1. The molecule has 0 aromatic carbocycles. The molecule has 7 heteroatoms. The Morgan fingerprint density at radius 1 is 1.48 bits per heavy atom. The van der Waals surface area contributed by atoms with Gasteiger partial charge in [-0.1, -0.05) is 25.4 Å². The molecule has 4 atom stereocenters. The van der Waals surface area contributed by atoms with Crippen molar-refractivity contribution >= 4 is 35.1 Å². The van der Waals surface area contributed by atoms with Crippen LogP contribution < -0.4 is 11.3 Å². The summed E-state index contributed by atoms with van der Waals surface area (Å²) >= 11 is 10.5. The molecule has 1 aliphatic rings. The van der Waals surface area contributed by atoms with Crippen molar-refractivity contribution in [3.63, 3.8) is 0 Å². The topological polar surface area (TPSA) is 55.9 Å². The molecule has 2 rings (SSSR count). The van der Waals surface area contributed by atoms with E-state index in [0.717, 1.165) is 35.1 Å². The molecule has 1 fully saturated rings. The quantitative estimate of drug-likeness (QED) is 0.633. The fraction of sp³-hybridized carbons (Fsp3) is 0.786. The molecule has 4 unspecified atom stereocenters. The largest absolute Gasteiger partial charge is 0.271 e. The Labute approximate surface area is 140 Å². The zero-order chi connectivity index (χ0) is 15.6. The van der Waals surface area contributed by atoms with Crippen molar-refractivity contribution in [1.29, 1.82) is 0 Å². The van der Waals surface area contributed by atoms with E-state index < -0.39 is 0 Å². The molecule has 1 saturated heterocycles. The summed E-state index contributed by atoms with van der Waals surface area (Å²) in [5.74, 6) is 6.96. The van der Waals surface area contributed by atoms with Gasteiger partial charge in [-0.05, 0) is 13.8 Å². The third-order valence-corrected chi connectivity index (χ3v) is 8.15. The minimum Gasteiger partial charge on any atom is -0.271 e. The molecular weight excluding hydrogens is 324 g/mol.